The number of hydrogen-bond acceptors (Lipinski definition) is 5. The second-order valence-electron chi connectivity index (χ2n) is 4.07. The molecule has 0 aromatic heterocycles. The zero-order valence-corrected chi connectivity index (χ0v) is 10.7. The third-order valence-electron chi connectivity index (χ3n) is 2.50. The number of non-ortho nitro benzene ring substituents is 1. The van der Waals surface area contributed by atoms with Gasteiger partial charge in [-0.15, -0.1) is 0 Å². The van der Waals surface area contributed by atoms with Crippen LogP contribution in [0.25, 0.3) is 0 Å². The molecule has 19 heavy (non-hydrogen) atoms. The maximum absolute atomic E-state index is 10.7. The summed E-state index contributed by atoms with van der Waals surface area (Å²) in [6, 6.07) is 6.08. The molecule has 1 aromatic rings. The summed E-state index contributed by atoms with van der Waals surface area (Å²) in [6.07, 6.45) is 1.58. The van der Waals surface area contributed by atoms with Gasteiger partial charge in [-0.05, 0) is 12.0 Å². The van der Waals surface area contributed by atoms with Gasteiger partial charge in [0.05, 0.1) is 11.0 Å². The molecule has 0 spiro atoms. The van der Waals surface area contributed by atoms with Crippen LogP contribution in [0.2, 0.25) is 0 Å². The van der Waals surface area contributed by atoms with Crippen LogP contribution < -0.4 is 11.2 Å². The minimum Gasteiger partial charge on any atom is -0.368 e. The number of nitro benzene ring substituents is 1. The lowest BCUT2D eigenvalue weighted by Crippen LogP contribution is -2.28. The topological polar surface area (TPSA) is 107 Å². The largest absolute Gasteiger partial charge is 0.368 e. The van der Waals surface area contributed by atoms with E-state index in [4.69, 9.17) is 10.6 Å². The molecule has 7 nitrogen and oxygen atoms in total. The van der Waals surface area contributed by atoms with Crippen LogP contribution in [-0.2, 0) is 9.63 Å². The molecular formula is C12H17N3O4. The van der Waals surface area contributed by atoms with Gasteiger partial charge >= 0.3 is 0 Å². The van der Waals surface area contributed by atoms with E-state index in [0.29, 0.717) is 0 Å². The lowest BCUT2D eigenvalue weighted by Gasteiger charge is -2.17. The van der Waals surface area contributed by atoms with Crippen molar-refractivity contribution in [3.05, 3.63) is 39.9 Å². The fourth-order valence-corrected chi connectivity index (χ4v) is 1.65. The van der Waals surface area contributed by atoms with Crippen LogP contribution in [0.4, 0.5) is 5.69 Å². The lowest BCUT2D eigenvalue weighted by atomic mass is 10.0. The first-order valence-corrected chi connectivity index (χ1v) is 5.94. The number of rotatable bonds is 8. The van der Waals surface area contributed by atoms with E-state index >= 15 is 0 Å². The van der Waals surface area contributed by atoms with Crippen LogP contribution in [0.5, 0.6) is 0 Å². The summed E-state index contributed by atoms with van der Waals surface area (Å²) in [5, 5.41) is 10.7. The Labute approximate surface area is 110 Å². The Bertz CT molecular complexity index is 450. The van der Waals surface area contributed by atoms with Crippen molar-refractivity contribution >= 4 is 11.6 Å². The van der Waals surface area contributed by atoms with Crippen molar-refractivity contribution in [2.24, 2.45) is 5.73 Å². The molecule has 7 heteroatoms. The molecule has 1 atom stereocenters. The van der Waals surface area contributed by atoms with Crippen molar-refractivity contribution in [2.45, 2.75) is 25.8 Å². The minimum absolute atomic E-state index is 0.0234. The van der Waals surface area contributed by atoms with E-state index in [1.807, 2.05) is 6.92 Å². The number of nitrogens with zero attached hydrogens (tertiary/aromatic N) is 1. The van der Waals surface area contributed by atoms with Gasteiger partial charge in [-0.1, -0.05) is 25.5 Å². The highest BCUT2D eigenvalue weighted by atomic mass is 16.6. The van der Waals surface area contributed by atoms with E-state index in [1.165, 1.54) is 12.1 Å². The average Bonchev–Trinajstić information content (AvgIpc) is 2.37. The van der Waals surface area contributed by atoms with Crippen molar-refractivity contribution in [2.75, 3.05) is 6.61 Å². The Balaban J connectivity index is 2.76. The second kappa shape index (κ2) is 7.45. The van der Waals surface area contributed by atoms with Gasteiger partial charge in [-0.2, -0.15) is 5.48 Å². The van der Waals surface area contributed by atoms with Gasteiger partial charge in [0.2, 0.25) is 5.91 Å². The molecule has 104 valence electrons. The number of amides is 1. The molecule has 0 aliphatic carbocycles. The molecule has 1 unspecified atom stereocenters. The van der Waals surface area contributed by atoms with Crippen LogP contribution in [0, 0.1) is 10.1 Å². The van der Waals surface area contributed by atoms with Crippen molar-refractivity contribution < 1.29 is 14.6 Å². The monoisotopic (exact) mass is 267 g/mol. The third-order valence-corrected chi connectivity index (χ3v) is 2.50. The SMILES string of the molecule is CCCC(NOCC(N)=O)c1cccc([N+](=O)[O-])c1. The number of primary amides is 1. The van der Waals surface area contributed by atoms with Crippen molar-refractivity contribution in [3.63, 3.8) is 0 Å². The third kappa shape index (κ3) is 5.02. The fourth-order valence-electron chi connectivity index (χ4n) is 1.65. The van der Waals surface area contributed by atoms with Gasteiger partial charge in [0, 0.05) is 12.1 Å². The Morgan fingerprint density at radius 3 is 2.89 bits per heavy atom. The fraction of sp³-hybridized carbons (Fsp3) is 0.417. The van der Waals surface area contributed by atoms with E-state index < -0.39 is 10.8 Å². The van der Waals surface area contributed by atoms with Gasteiger partial charge in [0.25, 0.3) is 5.69 Å². The standard InChI is InChI=1S/C12H17N3O4/c1-2-4-11(14-19-8-12(13)16)9-5-3-6-10(7-9)15(17)18/h3,5-7,11,14H,2,4,8H2,1H3,(H2,13,16). The normalized spacial score (nSPS) is 12.1. The molecule has 0 heterocycles. The zero-order chi connectivity index (χ0) is 14.3. The number of hydroxylamine groups is 1. The summed E-state index contributed by atoms with van der Waals surface area (Å²) in [5.41, 5.74) is 8.43. The summed E-state index contributed by atoms with van der Waals surface area (Å²) < 4.78 is 0. The summed E-state index contributed by atoms with van der Waals surface area (Å²) >= 11 is 0. The molecular weight excluding hydrogens is 250 g/mol. The van der Waals surface area contributed by atoms with Gasteiger partial charge < -0.3 is 5.73 Å². The highest BCUT2D eigenvalue weighted by molar-refractivity contribution is 5.74. The minimum atomic E-state index is -0.582. The number of nitrogens with one attached hydrogen (secondary N) is 1. The molecule has 1 rings (SSSR count). The maximum atomic E-state index is 10.7. The first-order chi connectivity index (χ1) is 9.04. The predicted molar refractivity (Wildman–Crippen MR) is 69.0 cm³/mol. The van der Waals surface area contributed by atoms with E-state index in [0.717, 1.165) is 18.4 Å². The van der Waals surface area contributed by atoms with Crippen molar-refractivity contribution in [1.82, 2.24) is 5.48 Å². The molecule has 3 N–H and O–H groups in total. The molecule has 1 aromatic carbocycles. The van der Waals surface area contributed by atoms with Crippen LogP contribution in [0.3, 0.4) is 0 Å². The molecule has 0 saturated heterocycles. The Morgan fingerprint density at radius 1 is 1.58 bits per heavy atom. The van der Waals surface area contributed by atoms with E-state index in [-0.39, 0.29) is 18.3 Å². The van der Waals surface area contributed by atoms with Crippen LogP contribution >= 0.6 is 0 Å². The number of hydrogen-bond donors (Lipinski definition) is 2. The van der Waals surface area contributed by atoms with Crippen LogP contribution in [0.1, 0.15) is 31.4 Å². The smallest absolute Gasteiger partial charge is 0.269 e. The highest BCUT2D eigenvalue weighted by Gasteiger charge is 2.14. The lowest BCUT2D eigenvalue weighted by molar-refractivity contribution is -0.384. The number of carbonyl (C=O) groups is 1. The average molecular weight is 267 g/mol. The molecule has 0 fully saturated rings. The van der Waals surface area contributed by atoms with E-state index in [9.17, 15) is 14.9 Å². The Kier molecular flexibility index (Phi) is 5.91. The molecule has 0 aliphatic heterocycles. The predicted octanol–water partition coefficient (Wildman–Crippen LogP) is 1.44. The molecule has 0 radical (unpaired) electrons. The number of nitrogens with two attached hydrogens (primary N) is 1. The second-order valence-corrected chi connectivity index (χ2v) is 4.07. The zero-order valence-electron chi connectivity index (χ0n) is 10.7. The highest BCUT2D eigenvalue weighted by Crippen LogP contribution is 2.22. The van der Waals surface area contributed by atoms with E-state index in [1.54, 1.807) is 12.1 Å². The van der Waals surface area contributed by atoms with Gasteiger partial charge in [-0.25, -0.2) is 0 Å². The quantitative estimate of drug-likeness (QED) is 0.547. The number of benzene rings is 1. The van der Waals surface area contributed by atoms with Gasteiger partial charge in [0.1, 0.15) is 6.61 Å². The van der Waals surface area contributed by atoms with Crippen molar-refractivity contribution in [1.29, 1.82) is 0 Å². The van der Waals surface area contributed by atoms with Crippen LogP contribution in [0.15, 0.2) is 24.3 Å². The maximum Gasteiger partial charge on any atom is 0.269 e. The summed E-state index contributed by atoms with van der Waals surface area (Å²) in [6.45, 7) is 1.75. The first kappa shape index (κ1) is 15.1. The first-order valence-electron chi connectivity index (χ1n) is 5.94. The van der Waals surface area contributed by atoms with Crippen molar-refractivity contribution in [3.8, 4) is 0 Å². The molecule has 0 saturated carbocycles. The molecule has 0 bridgehead atoms. The number of carbonyl (C=O) groups excluding carboxylic acids is 1. The van der Waals surface area contributed by atoms with Gasteiger partial charge in [0.15, 0.2) is 0 Å². The molecule has 1 amide bonds. The summed E-state index contributed by atoms with van der Waals surface area (Å²) in [5.74, 6) is -0.582. The van der Waals surface area contributed by atoms with E-state index in [2.05, 4.69) is 5.48 Å². The summed E-state index contributed by atoms with van der Waals surface area (Å²) in [4.78, 5) is 25.8. The Morgan fingerprint density at radius 2 is 2.32 bits per heavy atom. The Hall–Kier alpha value is -1.99. The van der Waals surface area contributed by atoms with Crippen LogP contribution in [-0.4, -0.2) is 17.4 Å². The molecule has 0 aliphatic rings. The van der Waals surface area contributed by atoms with Gasteiger partial charge in [-0.3, -0.25) is 19.7 Å². The summed E-state index contributed by atoms with van der Waals surface area (Å²) in [7, 11) is 0. The number of nitro groups is 1.